The van der Waals surface area contributed by atoms with Crippen LogP contribution in [-0.2, 0) is 11.2 Å². The van der Waals surface area contributed by atoms with E-state index < -0.39 is 0 Å². The number of nitrogens with one attached hydrogen (secondary N) is 1. The second-order valence-electron chi connectivity index (χ2n) is 5.61. The molecule has 1 aliphatic heterocycles. The summed E-state index contributed by atoms with van der Waals surface area (Å²) in [5.74, 6) is 1.49. The number of rotatable bonds is 7. The van der Waals surface area contributed by atoms with Crippen LogP contribution in [0.15, 0.2) is 22.7 Å². The van der Waals surface area contributed by atoms with Crippen molar-refractivity contribution in [2.45, 2.75) is 45.3 Å². The lowest BCUT2D eigenvalue weighted by Gasteiger charge is -2.28. The van der Waals surface area contributed by atoms with E-state index in [0.717, 1.165) is 42.6 Å². The highest BCUT2D eigenvalue weighted by Crippen LogP contribution is 2.30. The third-order valence-corrected chi connectivity index (χ3v) is 4.94. The molecule has 1 fully saturated rings. The number of likely N-dealkylation sites (N-methyl/N-ethyl adjacent to an activating group) is 1. The standard InChI is InChI=1S/C17H26BrNO2/c1-4-16-13(8-9-21-16)15(19-5-2)11-12-6-7-17(20-3)14(18)10-12/h6-7,10,13,15-16,19H,4-5,8-9,11H2,1-3H3. The fourth-order valence-electron chi connectivity index (χ4n) is 3.27. The van der Waals surface area contributed by atoms with Crippen molar-refractivity contribution in [1.82, 2.24) is 5.32 Å². The highest BCUT2D eigenvalue weighted by molar-refractivity contribution is 9.10. The van der Waals surface area contributed by atoms with Crippen LogP contribution in [0.5, 0.6) is 5.75 Å². The predicted molar refractivity (Wildman–Crippen MR) is 90.0 cm³/mol. The Morgan fingerprint density at radius 2 is 2.24 bits per heavy atom. The molecule has 1 N–H and O–H groups in total. The van der Waals surface area contributed by atoms with Crippen LogP contribution in [0.4, 0.5) is 0 Å². The molecule has 3 atom stereocenters. The summed E-state index contributed by atoms with van der Waals surface area (Å²) in [5.41, 5.74) is 1.33. The van der Waals surface area contributed by atoms with E-state index in [9.17, 15) is 0 Å². The maximum Gasteiger partial charge on any atom is 0.133 e. The number of halogens is 1. The summed E-state index contributed by atoms with van der Waals surface area (Å²) in [6.07, 6.45) is 3.68. The van der Waals surface area contributed by atoms with E-state index in [4.69, 9.17) is 9.47 Å². The first-order chi connectivity index (χ1) is 10.2. The van der Waals surface area contributed by atoms with Crippen molar-refractivity contribution in [3.8, 4) is 5.75 Å². The molecule has 0 saturated carbocycles. The van der Waals surface area contributed by atoms with Crippen molar-refractivity contribution in [3.05, 3.63) is 28.2 Å². The van der Waals surface area contributed by atoms with Crippen molar-refractivity contribution in [1.29, 1.82) is 0 Å². The van der Waals surface area contributed by atoms with Gasteiger partial charge in [0.15, 0.2) is 0 Å². The van der Waals surface area contributed by atoms with E-state index in [1.807, 2.05) is 6.07 Å². The first-order valence-corrected chi connectivity index (χ1v) is 8.66. The van der Waals surface area contributed by atoms with E-state index >= 15 is 0 Å². The fraction of sp³-hybridized carbons (Fsp3) is 0.647. The van der Waals surface area contributed by atoms with Crippen LogP contribution in [0.25, 0.3) is 0 Å². The van der Waals surface area contributed by atoms with Crippen molar-refractivity contribution < 1.29 is 9.47 Å². The van der Waals surface area contributed by atoms with Gasteiger partial charge >= 0.3 is 0 Å². The topological polar surface area (TPSA) is 30.5 Å². The second-order valence-corrected chi connectivity index (χ2v) is 6.46. The van der Waals surface area contributed by atoms with E-state index in [1.165, 1.54) is 5.56 Å². The van der Waals surface area contributed by atoms with Crippen molar-refractivity contribution in [2.75, 3.05) is 20.3 Å². The average molecular weight is 356 g/mol. The zero-order valence-electron chi connectivity index (χ0n) is 13.2. The molecule has 0 aliphatic carbocycles. The van der Waals surface area contributed by atoms with Gasteiger partial charge in [-0.3, -0.25) is 0 Å². The first-order valence-electron chi connectivity index (χ1n) is 7.87. The minimum atomic E-state index is 0.399. The highest BCUT2D eigenvalue weighted by Gasteiger charge is 2.33. The maximum atomic E-state index is 5.87. The molecule has 3 nitrogen and oxygen atoms in total. The lowest BCUT2D eigenvalue weighted by atomic mass is 9.87. The Labute approximate surface area is 136 Å². The molecule has 1 aliphatic rings. The molecular weight excluding hydrogens is 330 g/mol. The molecule has 1 heterocycles. The lowest BCUT2D eigenvalue weighted by molar-refractivity contribution is 0.0776. The van der Waals surface area contributed by atoms with Gasteiger partial charge in [-0.1, -0.05) is 19.9 Å². The summed E-state index contributed by atoms with van der Waals surface area (Å²) in [4.78, 5) is 0. The molecule has 0 spiro atoms. The normalized spacial score (nSPS) is 23.2. The first kappa shape index (κ1) is 16.8. The van der Waals surface area contributed by atoms with Crippen molar-refractivity contribution in [2.24, 2.45) is 5.92 Å². The molecule has 1 aromatic carbocycles. The number of ether oxygens (including phenoxy) is 2. The van der Waals surface area contributed by atoms with Gasteiger partial charge in [-0.25, -0.2) is 0 Å². The quantitative estimate of drug-likeness (QED) is 0.806. The molecule has 0 amide bonds. The number of hydrogen-bond acceptors (Lipinski definition) is 3. The Morgan fingerprint density at radius 1 is 1.43 bits per heavy atom. The van der Waals surface area contributed by atoms with Crippen LogP contribution in [0.2, 0.25) is 0 Å². The Hall–Kier alpha value is -0.580. The van der Waals surface area contributed by atoms with Gasteiger partial charge < -0.3 is 14.8 Å². The number of hydrogen-bond donors (Lipinski definition) is 1. The molecule has 1 saturated heterocycles. The van der Waals surface area contributed by atoms with Crippen molar-refractivity contribution >= 4 is 15.9 Å². The van der Waals surface area contributed by atoms with Crippen molar-refractivity contribution in [3.63, 3.8) is 0 Å². The minimum absolute atomic E-state index is 0.399. The molecule has 21 heavy (non-hydrogen) atoms. The lowest BCUT2D eigenvalue weighted by Crippen LogP contribution is -2.41. The van der Waals surface area contributed by atoms with E-state index in [-0.39, 0.29) is 0 Å². The van der Waals surface area contributed by atoms with Gasteiger partial charge in [0, 0.05) is 18.6 Å². The average Bonchev–Trinajstić information content (AvgIpc) is 2.95. The van der Waals surface area contributed by atoms with Gasteiger partial charge in [0.25, 0.3) is 0 Å². The van der Waals surface area contributed by atoms with Gasteiger partial charge in [-0.15, -0.1) is 0 Å². The third kappa shape index (κ3) is 4.21. The summed E-state index contributed by atoms with van der Waals surface area (Å²) in [6, 6.07) is 6.83. The molecule has 0 radical (unpaired) electrons. The van der Waals surface area contributed by atoms with Crippen LogP contribution < -0.4 is 10.1 Å². The predicted octanol–water partition coefficient (Wildman–Crippen LogP) is 3.79. The van der Waals surface area contributed by atoms with Gasteiger partial charge in [0.05, 0.1) is 17.7 Å². The fourth-order valence-corrected chi connectivity index (χ4v) is 3.86. The monoisotopic (exact) mass is 355 g/mol. The Morgan fingerprint density at radius 3 is 2.86 bits per heavy atom. The maximum absolute atomic E-state index is 5.87. The zero-order valence-corrected chi connectivity index (χ0v) is 14.8. The third-order valence-electron chi connectivity index (χ3n) is 4.32. The van der Waals surface area contributed by atoms with E-state index in [2.05, 4.69) is 47.2 Å². The Bertz CT molecular complexity index is 452. The SMILES string of the molecule is CCNC(Cc1ccc(OC)c(Br)c1)C1CCOC1CC. The van der Waals surface area contributed by atoms with Gasteiger partial charge in [-0.05, 0) is 59.4 Å². The molecule has 2 rings (SSSR count). The van der Waals surface area contributed by atoms with Crippen LogP contribution in [-0.4, -0.2) is 32.4 Å². The second kappa shape index (κ2) is 8.16. The van der Waals surface area contributed by atoms with Crippen LogP contribution in [0.1, 0.15) is 32.3 Å². The summed E-state index contributed by atoms with van der Waals surface area (Å²) in [5, 5.41) is 3.66. The zero-order chi connectivity index (χ0) is 15.2. The molecule has 4 heteroatoms. The summed E-state index contributed by atoms with van der Waals surface area (Å²) in [7, 11) is 1.70. The Kier molecular flexibility index (Phi) is 6.52. The smallest absolute Gasteiger partial charge is 0.133 e. The van der Waals surface area contributed by atoms with Crippen LogP contribution in [0.3, 0.4) is 0 Å². The molecule has 118 valence electrons. The molecule has 3 unspecified atom stereocenters. The largest absolute Gasteiger partial charge is 0.496 e. The molecule has 0 bridgehead atoms. The van der Waals surface area contributed by atoms with Crippen LogP contribution in [0, 0.1) is 5.92 Å². The summed E-state index contributed by atoms with van der Waals surface area (Å²) >= 11 is 3.58. The molecule has 0 aromatic heterocycles. The highest BCUT2D eigenvalue weighted by atomic mass is 79.9. The molecular formula is C17H26BrNO2. The van der Waals surface area contributed by atoms with E-state index in [0.29, 0.717) is 18.1 Å². The summed E-state index contributed by atoms with van der Waals surface area (Å²) < 4.78 is 12.2. The van der Waals surface area contributed by atoms with E-state index in [1.54, 1.807) is 7.11 Å². The number of benzene rings is 1. The van der Waals surface area contributed by atoms with Crippen LogP contribution >= 0.6 is 15.9 Å². The summed E-state index contributed by atoms with van der Waals surface area (Å²) in [6.45, 7) is 6.29. The minimum Gasteiger partial charge on any atom is -0.496 e. The number of methoxy groups -OCH3 is 1. The molecule has 1 aromatic rings. The van der Waals surface area contributed by atoms with Gasteiger partial charge in [0.1, 0.15) is 5.75 Å². The Balaban J connectivity index is 2.10. The van der Waals surface area contributed by atoms with Gasteiger partial charge in [-0.2, -0.15) is 0 Å². The van der Waals surface area contributed by atoms with Gasteiger partial charge in [0.2, 0.25) is 0 Å².